The van der Waals surface area contributed by atoms with E-state index in [1.54, 1.807) is 0 Å². The zero-order valence-electron chi connectivity index (χ0n) is 10.4. The van der Waals surface area contributed by atoms with Crippen molar-refractivity contribution in [3.63, 3.8) is 0 Å². The molecule has 0 spiro atoms. The summed E-state index contributed by atoms with van der Waals surface area (Å²) in [6.07, 6.45) is 0. The first-order chi connectivity index (χ1) is 9.42. The molecule has 0 aliphatic carbocycles. The summed E-state index contributed by atoms with van der Waals surface area (Å²) in [6, 6.07) is 26.4. The second-order valence-electron chi connectivity index (χ2n) is 4.71. The third kappa shape index (κ3) is 1.63. The Hall–Kier alpha value is -2.54. The predicted molar refractivity (Wildman–Crippen MR) is 80.1 cm³/mol. The quantitative estimate of drug-likeness (QED) is 0.494. The molecule has 0 atom stereocenters. The van der Waals surface area contributed by atoms with E-state index < -0.39 is 0 Å². The fourth-order valence-corrected chi connectivity index (χ4v) is 2.59. The lowest BCUT2D eigenvalue weighted by atomic mass is 10.0. The van der Waals surface area contributed by atoms with Crippen LogP contribution in [0.4, 0.5) is 0 Å². The van der Waals surface area contributed by atoms with E-state index in [1.165, 1.54) is 21.7 Å². The fourth-order valence-electron chi connectivity index (χ4n) is 2.59. The maximum absolute atomic E-state index is 3.47. The first-order valence-electron chi connectivity index (χ1n) is 6.39. The molecule has 1 N–H and O–H groups in total. The molecule has 0 aliphatic heterocycles. The Morgan fingerprint density at radius 3 is 2.47 bits per heavy atom. The third-order valence-electron chi connectivity index (χ3n) is 3.52. The van der Waals surface area contributed by atoms with Crippen molar-refractivity contribution < 1.29 is 0 Å². The standard InChI is InChI=1S/C18H12N/c1-3-9-15-13(6-1)8-5-10-16(15)18-12-14-7-2-4-11-17(14)19-18/h1-9,11-12,19H. The third-order valence-corrected chi connectivity index (χ3v) is 3.52. The number of benzene rings is 3. The minimum atomic E-state index is 1.12. The molecule has 4 aromatic rings. The van der Waals surface area contributed by atoms with Crippen molar-refractivity contribution in [2.45, 2.75) is 0 Å². The SMILES string of the molecule is [c]1ccc2ccccc2c1-c1cc2ccccc2[nH]1. The molecule has 1 radical (unpaired) electrons. The van der Waals surface area contributed by atoms with Crippen molar-refractivity contribution in [2.24, 2.45) is 0 Å². The van der Waals surface area contributed by atoms with Crippen molar-refractivity contribution in [1.29, 1.82) is 0 Å². The van der Waals surface area contributed by atoms with Gasteiger partial charge in [-0.15, -0.1) is 0 Å². The number of para-hydroxylation sites is 1. The zero-order chi connectivity index (χ0) is 12.7. The van der Waals surface area contributed by atoms with Gasteiger partial charge in [0.25, 0.3) is 0 Å². The Balaban J connectivity index is 2.03. The Morgan fingerprint density at radius 2 is 1.58 bits per heavy atom. The Kier molecular flexibility index (Phi) is 2.18. The van der Waals surface area contributed by atoms with Gasteiger partial charge in [0.15, 0.2) is 0 Å². The average Bonchev–Trinajstić information content (AvgIpc) is 2.90. The summed E-state index contributed by atoms with van der Waals surface area (Å²) in [5, 5.41) is 3.71. The van der Waals surface area contributed by atoms with Crippen LogP contribution in [0, 0.1) is 6.07 Å². The van der Waals surface area contributed by atoms with Gasteiger partial charge in [-0.05, 0) is 29.0 Å². The lowest BCUT2D eigenvalue weighted by molar-refractivity contribution is 1.46. The van der Waals surface area contributed by atoms with Crippen molar-refractivity contribution in [3.05, 3.63) is 72.8 Å². The first kappa shape index (κ1) is 10.4. The monoisotopic (exact) mass is 242 g/mol. The molecule has 19 heavy (non-hydrogen) atoms. The fraction of sp³-hybridized carbons (Fsp3) is 0. The van der Waals surface area contributed by atoms with Gasteiger partial charge in [-0.3, -0.25) is 0 Å². The normalized spacial score (nSPS) is 11.2. The van der Waals surface area contributed by atoms with Gasteiger partial charge in [0, 0.05) is 22.2 Å². The number of H-pyrrole nitrogens is 1. The van der Waals surface area contributed by atoms with Crippen molar-refractivity contribution in [2.75, 3.05) is 0 Å². The highest BCUT2D eigenvalue weighted by Crippen LogP contribution is 2.29. The molecule has 1 heteroatoms. The molecule has 0 aliphatic rings. The van der Waals surface area contributed by atoms with E-state index in [4.69, 9.17) is 0 Å². The summed E-state index contributed by atoms with van der Waals surface area (Å²) >= 11 is 0. The molecule has 1 heterocycles. The number of nitrogens with one attached hydrogen (secondary N) is 1. The van der Waals surface area contributed by atoms with E-state index in [0.29, 0.717) is 0 Å². The highest BCUT2D eigenvalue weighted by atomic mass is 14.7. The molecule has 4 rings (SSSR count). The maximum Gasteiger partial charge on any atom is 0.0477 e. The van der Waals surface area contributed by atoms with Gasteiger partial charge in [0.05, 0.1) is 0 Å². The second-order valence-corrected chi connectivity index (χ2v) is 4.71. The van der Waals surface area contributed by atoms with E-state index >= 15 is 0 Å². The van der Waals surface area contributed by atoms with E-state index in [2.05, 4.69) is 71.7 Å². The van der Waals surface area contributed by atoms with Crippen LogP contribution in [0.5, 0.6) is 0 Å². The van der Waals surface area contributed by atoms with E-state index in [0.717, 1.165) is 11.3 Å². The molecule has 0 amide bonds. The van der Waals surface area contributed by atoms with Gasteiger partial charge in [-0.1, -0.05) is 54.6 Å². The van der Waals surface area contributed by atoms with E-state index in [1.807, 2.05) is 6.07 Å². The first-order valence-corrected chi connectivity index (χ1v) is 6.39. The van der Waals surface area contributed by atoms with Crippen LogP contribution in [-0.2, 0) is 0 Å². The lowest BCUT2D eigenvalue weighted by Gasteiger charge is -2.03. The second kappa shape index (κ2) is 3.99. The van der Waals surface area contributed by atoms with Crippen LogP contribution in [0.2, 0.25) is 0 Å². The molecular formula is C18H12N. The molecule has 1 nitrogen and oxygen atoms in total. The van der Waals surface area contributed by atoms with Crippen LogP contribution in [0.1, 0.15) is 0 Å². The molecule has 3 aromatic carbocycles. The number of fused-ring (bicyclic) bond motifs is 2. The Bertz CT molecular complexity index is 833. The summed E-state index contributed by atoms with van der Waals surface area (Å²) < 4.78 is 0. The summed E-state index contributed by atoms with van der Waals surface area (Å²) in [5.41, 5.74) is 3.42. The van der Waals surface area contributed by atoms with Gasteiger partial charge >= 0.3 is 0 Å². The molecule has 0 saturated heterocycles. The minimum absolute atomic E-state index is 1.12. The van der Waals surface area contributed by atoms with Gasteiger partial charge < -0.3 is 4.98 Å². The topological polar surface area (TPSA) is 15.8 Å². The van der Waals surface area contributed by atoms with Crippen LogP contribution in [0.15, 0.2) is 66.7 Å². The van der Waals surface area contributed by atoms with Crippen LogP contribution in [-0.4, -0.2) is 4.98 Å². The highest BCUT2D eigenvalue weighted by molar-refractivity contribution is 5.98. The van der Waals surface area contributed by atoms with Gasteiger partial charge in [-0.25, -0.2) is 0 Å². The molecule has 1 aromatic heterocycles. The number of aromatic nitrogens is 1. The molecule has 0 fully saturated rings. The predicted octanol–water partition coefficient (Wildman–Crippen LogP) is 4.79. The zero-order valence-corrected chi connectivity index (χ0v) is 10.4. The molecular weight excluding hydrogens is 230 g/mol. The summed E-state index contributed by atoms with van der Waals surface area (Å²) in [4.78, 5) is 3.47. The molecule has 0 saturated carbocycles. The number of aromatic amines is 1. The maximum atomic E-state index is 3.47. The molecule has 0 bridgehead atoms. The smallest absolute Gasteiger partial charge is 0.0477 e. The van der Waals surface area contributed by atoms with Gasteiger partial charge in [-0.2, -0.15) is 0 Å². The Morgan fingerprint density at radius 1 is 0.789 bits per heavy atom. The van der Waals surface area contributed by atoms with Crippen molar-refractivity contribution in [1.82, 2.24) is 4.98 Å². The number of hydrogen-bond acceptors (Lipinski definition) is 0. The van der Waals surface area contributed by atoms with Crippen molar-refractivity contribution >= 4 is 21.7 Å². The Labute approximate surface area is 111 Å². The molecule has 0 unspecified atom stereocenters. The van der Waals surface area contributed by atoms with Crippen LogP contribution >= 0.6 is 0 Å². The summed E-state index contributed by atoms with van der Waals surface area (Å²) in [7, 11) is 0. The number of rotatable bonds is 1. The lowest BCUT2D eigenvalue weighted by Crippen LogP contribution is -1.81. The largest absolute Gasteiger partial charge is 0.354 e. The summed E-state index contributed by atoms with van der Waals surface area (Å²) in [6.45, 7) is 0. The van der Waals surface area contributed by atoms with Crippen molar-refractivity contribution in [3.8, 4) is 11.3 Å². The highest BCUT2D eigenvalue weighted by Gasteiger charge is 2.06. The van der Waals surface area contributed by atoms with Gasteiger partial charge in [0.1, 0.15) is 0 Å². The van der Waals surface area contributed by atoms with Crippen LogP contribution in [0.3, 0.4) is 0 Å². The van der Waals surface area contributed by atoms with E-state index in [-0.39, 0.29) is 0 Å². The van der Waals surface area contributed by atoms with Crippen LogP contribution in [0.25, 0.3) is 32.9 Å². The van der Waals surface area contributed by atoms with E-state index in [9.17, 15) is 0 Å². The molecule has 89 valence electrons. The van der Waals surface area contributed by atoms with Crippen LogP contribution < -0.4 is 0 Å². The van der Waals surface area contributed by atoms with Gasteiger partial charge in [0.2, 0.25) is 0 Å². The minimum Gasteiger partial charge on any atom is -0.354 e. The summed E-state index contributed by atoms with van der Waals surface area (Å²) in [5.74, 6) is 0. The average molecular weight is 242 g/mol. The number of hydrogen-bond donors (Lipinski definition) is 1.